The molecule has 0 aliphatic rings. The molecule has 100 valence electrons. The summed E-state index contributed by atoms with van der Waals surface area (Å²) in [5, 5.41) is 2.84. The third-order valence-corrected chi connectivity index (χ3v) is 3.13. The van der Waals surface area contributed by atoms with E-state index in [0.29, 0.717) is 6.54 Å². The van der Waals surface area contributed by atoms with Gasteiger partial charge in [0.2, 0.25) is 5.91 Å². The van der Waals surface area contributed by atoms with Gasteiger partial charge in [-0.05, 0) is 26.3 Å². The predicted octanol–water partition coefficient (Wildman–Crippen LogP) is 3.05. The summed E-state index contributed by atoms with van der Waals surface area (Å²) in [6, 6.07) is 9.98. The Morgan fingerprint density at radius 3 is 2.50 bits per heavy atom. The zero-order chi connectivity index (χ0) is 13.6. The number of ether oxygens (including phenoxy) is 1. The molecule has 0 aromatic heterocycles. The Balaban J connectivity index is 2.31. The maximum atomic E-state index is 11.6. The fourth-order valence-corrected chi connectivity index (χ4v) is 1.78. The quantitative estimate of drug-likeness (QED) is 0.848. The zero-order valence-corrected chi connectivity index (χ0v) is 12.7. The van der Waals surface area contributed by atoms with E-state index in [4.69, 9.17) is 4.74 Å². The van der Waals surface area contributed by atoms with Crippen LogP contribution in [-0.2, 0) is 9.53 Å². The molecule has 0 radical (unpaired) electrons. The molecule has 4 heteroatoms. The van der Waals surface area contributed by atoms with Gasteiger partial charge in [-0.3, -0.25) is 4.79 Å². The minimum absolute atomic E-state index is 0.0923. The van der Waals surface area contributed by atoms with E-state index in [9.17, 15) is 4.79 Å². The van der Waals surface area contributed by atoms with Gasteiger partial charge in [-0.25, -0.2) is 0 Å². The van der Waals surface area contributed by atoms with Crippen LogP contribution < -0.4 is 5.32 Å². The van der Waals surface area contributed by atoms with Crippen molar-refractivity contribution in [1.29, 1.82) is 0 Å². The van der Waals surface area contributed by atoms with Gasteiger partial charge < -0.3 is 10.1 Å². The first-order chi connectivity index (χ1) is 8.38. The highest BCUT2D eigenvalue weighted by Gasteiger charge is 2.14. The van der Waals surface area contributed by atoms with Crippen LogP contribution in [-0.4, -0.2) is 24.7 Å². The van der Waals surface area contributed by atoms with Crippen LogP contribution >= 0.6 is 15.9 Å². The lowest BCUT2D eigenvalue weighted by Crippen LogP contribution is -2.33. The van der Waals surface area contributed by atoms with Crippen molar-refractivity contribution in [2.75, 3.05) is 13.2 Å². The number of nitrogens with one attached hydrogen (secondary N) is 1. The molecule has 0 fully saturated rings. The van der Waals surface area contributed by atoms with Crippen molar-refractivity contribution in [1.82, 2.24) is 5.32 Å². The van der Waals surface area contributed by atoms with Crippen molar-refractivity contribution in [3.8, 4) is 0 Å². The molecule has 1 aromatic rings. The van der Waals surface area contributed by atoms with Crippen molar-refractivity contribution < 1.29 is 9.53 Å². The lowest BCUT2D eigenvalue weighted by Gasteiger charge is -2.19. The summed E-state index contributed by atoms with van der Waals surface area (Å²) in [6.07, 6.45) is 0. The van der Waals surface area contributed by atoms with Gasteiger partial charge in [-0.2, -0.15) is 0 Å². The van der Waals surface area contributed by atoms with E-state index < -0.39 is 0 Å². The molecule has 1 atom stereocenters. The Hall–Kier alpha value is -0.870. The van der Waals surface area contributed by atoms with Gasteiger partial charge in [0.15, 0.2) is 0 Å². The molecule has 0 spiro atoms. The summed E-state index contributed by atoms with van der Waals surface area (Å²) in [7, 11) is 0. The van der Waals surface area contributed by atoms with Crippen molar-refractivity contribution in [3.63, 3.8) is 0 Å². The maximum absolute atomic E-state index is 11.6. The molecular formula is C14H20BrNO2. The van der Waals surface area contributed by atoms with Crippen LogP contribution in [0.15, 0.2) is 30.3 Å². The zero-order valence-electron chi connectivity index (χ0n) is 11.1. The summed E-state index contributed by atoms with van der Waals surface area (Å²) in [5.74, 6) is -0.0923. The van der Waals surface area contributed by atoms with Gasteiger partial charge in [-0.15, -0.1) is 0 Å². The molecule has 0 heterocycles. The molecule has 1 aromatic carbocycles. The molecule has 0 saturated heterocycles. The van der Waals surface area contributed by atoms with Crippen LogP contribution in [0.3, 0.4) is 0 Å². The first kappa shape index (κ1) is 15.2. The van der Waals surface area contributed by atoms with E-state index in [1.165, 1.54) is 0 Å². The number of halogens is 1. The molecule has 0 saturated carbocycles. The second kappa shape index (κ2) is 6.90. The Kier molecular flexibility index (Phi) is 5.82. The molecule has 1 rings (SSSR count). The molecule has 0 bridgehead atoms. The first-order valence-corrected chi connectivity index (χ1v) is 6.90. The molecule has 1 N–H and O–H groups in total. The molecule has 0 aliphatic heterocycles. The Morgan fingerprint density at radius 1 is 1.33 bits per heavy atom. The molecule has 3 nitrogen and oxygen atoms in total. The van der Waals surface area contributed by atoms with Gasteiger partial charge in [0.1, 0.15) is 6.61 Å². The normalized spacial score (nSPS) is 13.1. The number of hydrogen-bond acceptors (Lipinski definition) is 2. The first-order valence-electron chi connectivity index (χ1n) is 5.98. The number of benzene rings is 1. The highest BCUT2D eigenvalue weighted by atomic mass is 79.9. The van der Waals surface area contributed by atoms with Crippen molar-refractivity contribution in [2.45, 2.75) is 31.2 Å². The number of rotatable bonds is 5. The van der Waals surface area contributed by atoms with Crippen LogP contribution in [0.25, 0.3) is 0 Å². The SMILES string of the molecule is CC(C)(C)OCC(=O)NCC(Br)c1ccccc1. The molecule has 0 aliphatic carbocycles. The number of amides is 1. The number of hydrogen-bond donors (Lipinski definition) is 1. The molecular weight excluding hydrogens is 294 g/mol. The Morgan fingerprint density at radius 2 is 1.94 bits per heavy atom. The van der Waals surface area contributed by atoms with Crippen molar-refractivity contribution in [2.24, 2.45) is 0 Å². The van der Waals surface area contributed by atoms with Crippen molar-refractivity contribution in [3.05, 3.63) is 35.9 Å². The number of carbonyl (C=O) groups is 1. The maximum Gasteiger partial charge on any atom is 0.246 e. The van der Waals surface area contributed by atoms with Gasteiger partial charge in [0, 0.05) is 6.54 Å². The monoisotopic (exact) mass is 313 g/mol. The summed E-state index contributed by atoms with van der Waals surface area (Å²) in [5.41, 5.74) is 0.861. The van der Waals surface area contributed by atoms with Crippen LogP contribution in [0.5, 0.6) is 0 Å². The van der Waals surface area contributed by atoms with E-state index >= 15 is 0 Å². The number of alkyl halides is 1. The van der Waals surface area contributed by atoms with Crippen LogP contribution in [0, 0.1) is 0 Å². The van der Waals surface area contributed by atoms with Crippen LogP contribution in [0.1, 0.15) is 31.2 Å². The highest BCUT2D eigenvalue weighted by molar-refractivity contribution is 9.09. The van der Waals surface area contributed by atoms with Crippen molar-refractivity contribution >= 4 is 21.8 Å². The van der Waals surface area contributed by atoms with Crippen LogP contribution in [0.2, 0.25) is 0 Å². The average Bonchev–Trinajstić information content (AvgIpc) is 2.33. The summed E-state index contributed by atoms with van der Waals surface area (Å²) < 4.78 is 5.40. The van der Waals surface area contributed by atoms with E-state index in [1.807, 2.05) is 51.1 Å². The number of carbonyl (C=O) groups excluding carboxylic acids is 1. The van der Waals surface area contributed by atoms with E-state index in [-0.39, 0.29) is 22.9 Å². The minimum Gasteiger partial charge on any atom is -0.366 e. The van der Waals surface area contributed by atoms with Gasteiger partial charge in [-0.1, -0.05) is 46.3 Å². The van der Waals surface area contributed by atoms with E-state index in [1.54, 1.807) is 0 Å². The second-order valence-corrected chi connectivity index (χ2v) is 6.19. The fraction of sp³-hybridized carbons (Fsp3) is 0.500. The summed E-state index contributed by atoms with van der Waals surface area (Å²) >= 11 is 3.55. The third-order valence-electron chi connectivity index (χ3n) is 2.28. The van der Waals surface area contributed by atoms with E-state index in [2.05, 4.69) is 21.2 Å². The molecule has 1 amide bonds. The fourth-order valence-electron chi connectivity index (χ4n) is 1.32. The third kappa shape index (κ3) is 6.17. The van der Waals surface area contributed by atoms with Crippen LogP contribution in [0.4, 0.5) is 0 Å². The molecule has 18 heavy (non-hydrogen) atoms. The van der Waals surface area contributed by atoms with Gasteiger partial charge >= 0.3 is 0 Å². The summed E-state index contributed by atoms with van der Waals surface area (Å²) in [6.45, 7) is 6.43. The Labute approximate surface area is 117 Å². The van der Waals surface area contributed by atoms with E-state index in [0.717, 1.165) is 5.56 Å². The predicted molar refractivity (Wildman–Crippen MR) is 76.8 cm³/mol. The van der Waals surface area contributed by atoms with Gasteiger partial charge in [0.25, 0.3) is 0 Å². The second-order valence-electron chi connectivity index (χ2n) is 5.08. The van der Waals surface area contributed by atoms with Gasteiger partial charge in [0.05, 0.1) is 10.4 Å². The lowest BCUT2D eigenvalue weighted by atomic mass is 10.1. The Bertz CT molecular complexity index is 373. The summed E-state index contributed by atoms with van der Waals surface area (Å²) in [4.78, 5) is 11.7. The smallest absolute Gasteiger partial charge is 0.246 e. The topological polar surface area (TPSA) is 38.3 Å². The largest absolute Gasteiger partial charge is 0.366 e. The lowest BCUT2D eigenvalue weighted by molar-refractivity contribution is -0.130. The average molecular weight is 314 g/mol. The minimum atomic E-state index is -0.287. The molecule has 1 unspecified atom stereocenters. The standard InChI is InChI=1S/C14H20BrNO2/c1-14(2,3)18-10-13(17)16-9-12(15)11-7-5-4-6-8-11/h4-8,12H,9-10H2,1-3H3,(H,16,17). The highest BCUT2D eigenvalue weighted by Crippen LogP contribution is 2.20.